The predicted octanol–water partition coefficient (Wildman–Crippen LogP) is 3.07. The summed E-state index contributed by atoms with van der Waals surface area (Å²) in [5.74, 6) is 1.89. The topological polar surface area (TPSA) is 38.1 Å². The summed E-state index contributed by atoms with van der Waals surface area (Å²) < 4.78 is 5.71. The largest absolute Gasteiger partial charge is 0.464 e. The number of pyridine rings is 1. The Balaban J connectivity index is 2.25. The molecule has 0 fully saturated rings. The predicted molar refractivity (Wildman–Crippen MR) is 67.8 cm³/mol. The van der Waals surface area contributed by atoms with Gasteiger partial charge in [-0.1, -0.05) is 13.0 Å². The third kappa shape index (κ3) is 2.94. The highest BCUT2D eigenvalue weighted by atomic mass is 16.3. The summed E-state index contributed by atoms with van der Waals surface area (Å²) in [5, 5.41) is 3.48. The third-order valence-corrected chi connectivity index (χ3v) is 2.66. The maximum Gasteiger partial charge on any atom is 0.125 e. The molecule has 1 unspecified atom stereocenters. The zero-order valence-corrected chi connectivity index (χ0v) is 10.3. The van der Waals surface area contributed by atoms with Crippen LogP contribution in [0.4, 0.5) is 0 Å². The van der Waals surface area contributed by atoms with E-state index in [1.54, 1.807) is 6.20 Å². The highest BCUT2D eigenvalue weighted by Gasteiger charge is 2.16. The minimum atomic E-state index is 0.0948. The minimum Gasteiger partial charge on any atom is -0.464 e. The number of rotatable bonds is 5. The molecule has 3 heteroatoms. The molecule has 17 heavy (non-hydrogen) atoms. The lowest BCUT2D eigenvalue weighted by Gasteiger charge is -2.16. The van der Waals surface area contributed by atoms with Crippen molar-refractivity contribution < 1.29 is 4.42 Å². The third-order valence-electron chi connectivity index (χ3n) is 2.66. The van der Waals surface area contributed by atoms with Crippen LogP contribution < -0.4 is 5.32 Å². The van der Waals surface area contributed by atoms with Crippen LogP contribution in [0.1, 0.15) is 36.5 Å². The fourth-order valence-corrected chi connectivity index (χ4v) is 1.83. The van der Waals surface area contributed by atoms with E-state index in [9.17, 15) is 0 Å². The van der Waals surface area contributed by atoms with E-state index < -0.39 is 0 Å². The summed E-state index contributed by atoms with van der Waals surface area (Å²) >= 11 is 0. The fourth-order valence-electron chi connectivity index (χ4n) is 1.83. The number of hydrogen-bond donors (Lipinski definition) is 1. The molecule has 2 aromatic heterocycles. The van der Waals surface area contributed by atoms with Crippen LogP contribution in [0.3, 0.4) is 0 Å². The van der Waals surface area contributed by atoms with Gasteiger partial charge in [0.15, 0.2) is 0 Å². The lowest BCUT2D eigenvalue weighted by atomic mass is 10.1. The van der Waals surface area contributed by atoms with E-state index in [1.165, 1.54) is 0 Å². The molecule has 3 nitrogen and oxygen atoms in total. The van der Waals surface area contributed by atoms with Crippen LogP contribution in [0.15, 0.2) is 41.1 Å². The van der Waals surface area contributed by atoms with Crippen LogP contribution >= 0.6 is 0 Å². The Morgan fingerprint density at radius 1 is 1.35 bits per heavy atom. The Hall–Kier alpha value is -1.61. The molecule has 0 aliphatic heterocycles. The van der Waals surface area contributed by atoms with E-state index in [1.807, 2.05) is 31.3 Å². The van der Waals surface area contributed by atoms with Crippen molar-refractivity contribution >= 4 is 0 Å². The molecular formula is C14H18N2O. The van der Waals surface area contributed by atoms with Gasteiger partial charge in [0, 0.05) is 12.4 Å². The Morgan fingerprint density at radius 3 is 2.82 bits per heavy atom. The van der Waals surface area contributed by atoms with Crippen LogP contribution in [0.5, 0.6) is 0 Å². The molecular weight excluding hydrogens is 212 g/mol. The Labute approximate surface area is 102 Å². The average Bonchev–Trinajstić information content (AvgIpc) is 2.78. The first-order chi connectivity index (χ1) is 8.31. The molecule has 1 N–H and O–H groups in total. The van der Waals surface area contributed by atoms with Crippen molar-refractivity contribution in [2.45, 2.75) is 26.3 Å². The van der Waals surface area contributed by atoms with Crippen molar-refractivity contribution in [1.29, 1.82) is 0 Å². The zero-order chi connectivity index (χ0) is 12.1. The second kappa shape index (κ2) is 5.64. The maximum atomic E-state index is 5.71. The van der Waals surface area contributed by atoms with E-state index in [2.05, 4.69) is 23.3 Å². The summed E-state index contributed by atoms with van der Waals surface area (Å²) in [6, 6.07) is 8.13. The molecule has 90 valence electrons. The highest BCUT2D eigenvalue weighted by molar-refractivity contribution is 5.24. The van der Waals surface area contributed by atoms with Crippen LogP contribution in [0, 0.1) is 6.92 Å². The number of furan rings is 1. The van der Waals surface area contributed by atoms with Crippen LogP contribution in [0.25, 0.3) is 0 Å². The van der Waals surface area contributed by atoms with E-state index in [0.29, 0.717) is 0 Å². The summed E-state index contributed by atoms with van der Waals surface area (Å²) in [4.78, 5) is 4.16. The minimum absolute atomic E-state index is 0.0948. The van der Waals surface area contributed by atoms with Crippen LogP contribution in [0.2, 0.25) is 0 Å². The van der Waals surface area contributed by atoms with Crippen molar-refractivity contribution in [3.63, 3.8) is 0 Å². The summed E-state index contributed by atoms with van der Waals surface area (Å²) in [6.45, 7) is 5.07. The molecule has 0 amide bonds. The van der Waals surface area contributed by atoms with E-state index in [0.717, 1.165) is 30.0 Å². The standard InChI is InChI=1S/C14H18N2O/c1-3-8-16-14(12-5-4-9-15-10-12)13-7-6-11(2)17-13/h4-7,9-10,14,16H,3,8H2,1-2H3. The average molecular weight is 230 g/mol. The van der Waals surface area contributed by atoms with Gasteiger partial charge in [0.2, 0.25) is 0 Å². The molecule has 1 atom stereocenters. The Kier molecular flexibility index (Phi) is 3.94. The van der Waals surface area contributed by atoms with Gasteiger partial charge in [-0.3, -0.25) is 4.98 Å². The van der Waals surface area contributed by atoms with E-state index >= 15 is 0 Å². The van der Waals surface area contributed by atoms with Crippen molar-refractivity contribution in [3.8, 4) is 0 Å². The normalized spacial score (nSPS) is 12.6. The van der Waals surface area contributed by atoms with Gasteiger partial charge in [-0.05, 0) is 43.7 Å². The molecule has 2 heterocycles. The molecule has 0 bridgehead atoms. The first-order valence-corrected chi connectivity index (χ1v) is 6.01. The molecule has 2 rings (SSSR count). The van der Waals surface area contributed by atoms with Crippen molar-refractivity contribution in [3.05, 3.63) is 53.7 Å². The molecule has 0 aliphatic carbocycles. The van der Waals surface area contributed by atoms with Crippen molar-refractivity contribution in [1.82, 2.24) is 10.3 Å². The van der Waals surface area contributed by atoms with Crippen LogP contribution in [-0.4, -0.2) is 11.5 Å². The SMILES string of the molecule is CCCNC(c1cccnc1)c1ccc(C)o1. The first-order valence-electron chi connectivity index (χ1n) is 6.01. The quantitative estimate of drug-likeness (QED) is 0.857. The summed E-state index contributed by atoms with van der Waals surface area (Å²) in [6.07, 6.45) is 4.76. The Morgan fingerprint density at radius 2 is 2.24 bits per heavy atom. The number of aryl methyl sites for hydroxylation is 1. The second-order valence-corrected chi connectivity index (χ2v) is 4.12. The molecule has 0 spiro atoms. The lowest BCUT2D eigenvalue weighted by molar-refractivity contribution is 0.430. The van der Waals surface area contributed by atoms with Gasteiger partial charge >= 0.3 is 0 Å². The monoisotopic (exact) mass is 230 g/mol. The number of nitrogens with zero attached hydrogens (tertiary/aromatic N) is 1. The molecule has 0 aromatic carbocycles. The molecule has 0 radical (unpaired) electrons. The molecule has 0 saturated heterocycles. The van der Waals surface area contributed by atoms with Gasteiger partial charge in [0.25, 0.3) is 0 Å². The number of nitrogens with one attached hydrogen (secondary N) is 1. The zero-order valence-electron chi connectivity index (χ0n) is 10.3. The maximum absolute atomic E-state index is 5.71. The van der Waals surface area contributed by atoms with Gasteiger partial charge in [-0.25, -0.2) is 0 Å². The van der Waals surface area contributed by atoms with Gasteiger partial charge in [0.1, 0.15) is 11.5 Å². The molecule has 2 aromatic rings. The number of aromatic nitrogens is 1. The smallest absolute Gasteiger partial charge is 0.125 e. The summed E-state index contributed by atoms with van der Waals surface area (Å²) in [5.41, 5.74) is 1.13. The molecule has 0 aliphatic rings. The lowest BCUT2D eigenvalue weighted by Crippen LogP contribution is -2.22. The van der Waals surface area contributed by atoms with Gasteiger partial charge in [0.05, 0.1) is 6.04 Å². The highest BCUT2D eigenvalue weighted by Crippen LogP contribution is 2.23. The van der Waals surface area contributed by atoms with Crippen molar-refractivity contribution in [2.24, 2.45) is 0 Å². The van der Waals surface area contributed by atoms with E-state index in [4.69, 9.17) is 4.42 Å². The first kappa shape index (κ1) is 11.9. The molecule has 0 saturated carbocycles. The second-order valence-electron chi connectivity index (χ2n) is 4.12. The summed E-state index contributed by atoms with van der Waals surface area (Å²) in [7, 11) is 0. The van der Waals surface area contributed by atoms with Crippen molar-refractivity contribution in [2.75, 3.05) is 6.54 Å². The number of hydrogen-bond acceptors (Lipinski definition) is 3. The van der Waals surface area contributed by atoms with Gasteiger partial charge < -0.3 is 9.73 Å². The fraction of sp³-hybridized carbons (Fsp3) is 0.357. The van der Waals surface area contributed by atoms with Crippen LogP contribution in [-0.2, 0) is 0 Å². The van der Waals surface area contributed by atoms with Gasteiger partial charge in [-0.15, -0.1) is 0 Å². The van der Waals surface area contributed by atoms with Gasteiger partial charge in [-0.2, -0.15) is 0 Å². The van der Waals surface area contributed by atoms with E-state index in [-0.39, 0.29) is 6.04 Å². The Bertz CT molecular complexity index is 450.